The average molecular weight is 282 g/mol. The second kappa shape index (κ2) is 5.64. The zero-order valence-corrected chi connectivity index (χ0v) is 11.9. The lowest BCUT2D eigenvalue weighted by atomic mass is 10.1. The third-order valence-electron chi connectivity index (χ3n) is 2.93. The Morgan fingerprint density at radius 1 is 1.55 bits per heavy atom. The van der Waals surface area contributed by atoms with Crippen LogP contribution in [0.15, 0.2) is 18.3 Å². The van der Waals surface area contributed by atoms with E-state index in [1.807, 2.05) is 20.8 Å². The fourth-order valence-corrected chi connectivity index (χ4v) is 1.84. The topological polar surface area (TPSA) is 51.7 Å². The van der Waals surface area contributed by atoms with Gasteiger partial charge in [0.25, 0.3) is 5.95 Å². The molecule has 1 atom stereocenters. The Balaban J connectivity index is 1.86. The van der Waals surface area contributed by atoms with Crippen LogP contribution in [0.5, 0.6) is 5.75 Å². The lowest BCUT2D eigenvalue weighted by molar-refractivity contribution is -0.0144. The molecule has 0 saturated carbocycles. The molecular formula is C14H19FN2O3. The second-order valence-electron chi connectivity index (χ2n) is 5.72. The van der Waals surface area contributed by atoms with Crippen LogP contribution in [0, 0.1) is 5.95 Å². The monoisotopic (exact) mass is 282 g/mol. The van der Waals surface area contributed by atoms with Gasteiger partial charge < -0.3 is 14.4 Å². The predicted octanol–water partition coefficient (Wildman–Crippen LogP) is 2.61. The van der Waals surface area contributed by atoms with Crippen molar-refractivity contribution in [2.75, 3.05) is 13.2 Å². The van der Waals surface area contributed by atoms with Crippen LogP contribution in [-0.4, -0.2) is 40.8 Å². The first-order valence-corrected chi connectivity index (χ1v) is 6.60. The molecule has 0 bridgehead atoms. The van der Waals surface area contributed by atoms with E-state index in [-0.39, 0.29) is 24.5 Å². The quantitative estimate of drug-likeness (QED) is 0.800. The molecule has 6 heteroatoms. The van der Waals surface area contributed by atoms with Gasteiger partial charge in [0, 0.05) is 12.7 Å². The van der Waals surface area contributed by atoms with E-state index in [0.29, 0.717) is 6.54 Å². The number of hydrogen-bond donors (Lipinski definition) is 0. The lowest BCUT2D eigenvalue weighted by Gasteiger charge is -2.40. The number of pyridine rings is 1. The number of halogens is 1. The van der Waals surface area contributed by atoms with Crippen molar-refractivity contribution < 1.29 is 18.7 Å². The number of carbonyl (C=O) groups excluding carboxylic acids is 1. The van der Waals surface area contributed by atoms with E-state index in [1.54, 1.807) is 11.0 Å². The van der Waals surface area contributed by atoms with Gasteiger partial charge in [-0.15, -0.1) is 0 Å². The van der Waals surface area contributed by atoms with Crippen LogP contribution in [0.1, 0.15) is 27.2 Å². The van der Waals surface area contributed by atoms with Gasteiger partial charge in [-0.25, -0.2) is 9.78 Å². The molecule has 0 spiro atoms. The first-order chi connectivity index (χ1) is 9.37. The van der Waals surface area contributed by atoms with Gasteiger partial charge in [0.2, 0.25) is 0 Å². The maximum atomic E-state index is 13.3. The van der Waals surface area contributed by atoms with Crippen LogP contribution in [0.2, 0.25) is 0 Å². The molecular weight excluding hydrogens is 263 g/mol. The van der Waals surface area contributed by atoms with Gasteiger partial charge in [-0.05, 0) is 39.3 Å². The minimum Gasteiger partial charge on any atom is -0.487 e. The summed E-state index contributed by atoms with van der Waals surface area (Å²) in [5, 5.41) is 0. The first kappa shape index (κ1) is 14.6. The highest BCUT2D eigenvalue weighted by Crippen LogP contribution is 2.23. The van der Waals surface area contributed by atoms with Gasteiger partial charge in [0.05, 0.1) is 6.04 Å². The zero-order valence-electron chi connectivity index (χ0n) is 11.9. The van der Waals surface area contributed by atoms with Gasteiger partial charge in [-0.1, -0.05) is 0 Å². The number of aromatic nitrogens is 1. The Hall–Kier alpha value is -1.85. The summed E-state index contributed by atoms with van der Waals surface area (Å²) in [6, 6.07) is 3.04. The molecule has 110 valence electrons. The van der Waals surface area contributed by atoms with E-state index < -0.39 is 11.5 Å². The van der Waals surface area contributed by atoms with Crippen molar-refractivity contribution in [3.05, 3.63) is 24.3 Å². The molecule has 0 aromatic carbocycles. The van der Waals surface area contributed by atoms with Crippen molar-refractivity contribution in [3.8, 4) is 5.75 Å². The van der Waals surface area contributed by atoms with Crippen molar-refractivity contribution >= 4 is 6.09 Å². The zero-order chi connectivity index (χ0) is 14.8. The molecule has 1 saturated heterocycles. The SMILES string of the molecule is CC(C)(C)OC(=O)N1CCC1COc1cccnc1F. The number of amides is 1. The van der Waals surface area contributed by atoms with E-state index >= 15 is 0 Å². The maximum absolute atomic E-state index is 13.3. The Bertz CT molecular complexity index is 488. The molecule has 1 aliphatic heterocycles. The molecule has 0 N–H and O–H groups in total. The highest BCUT2D eigenvalue weighted by molar-refractivity contribution is 5.69. The maximum Gasteiger partial charge on any atom is 0.410 e. The fraction of sp³-hybridized carbons (Fsp3) is 0.571. The Morgan fingerprint density at radius 3 is 2.85 bits per heavy atom. The highest BCUT2D eigenvalue weighted by atomic mass is 19.1. The van der Waals surface area contributed by atoms with Gasteiger partial charge in [-0.3, -0.25) is 0 Å². The third kappa shape index (κ3) is 3.59. The molecule has 1 aromatic rings. The second-order valence-corrected chi connectivity index (χ2v) is 5.72. The van der Waals surface area contributed by atoms with Crippen LogP contribution in [-0.2, 0) is 4.74 Å². The summed E-state index contributed by atoms with van der Waals surface area (Å²) in [5.41, 5.74) is -0.520. The minimum atomic E-state index is -0.643. The standard InChI is InChI=1S/C14H19FN2O3/c1-14(2,3)20-13(18)17-8-6-10(17)9-19-11-5-4-7-16-12(11)15/h4-5,7,10H,6,8-9H2,1-3H3. The lowest BCUT2D eigenvalue weighted by Crippen LogP contribution is -2.55. The largest absolute Gasteiger partial charge is 0.487 e. The Labute approximate surface area is 117 Å². The Morgan fingerprint density at radius 2 is 2.30 bits per heavy atom. The van der Waals surface area contributed by atoms with Crippen LogP contribution in [0.4, 0.5) is 9.18 Å². The normalized spacial score (nSPS) is 18.4. The van der Waals surface area contributed by atoms with Crippen LogP contribution >= 0.6 is 0 Å². The summed E-state index contributed by atoms with van der Waals surface area (Å²) in [6.07, 6.45) is 1.82. The molecule has 20 heavy (non-hydrogen) atoms. The number of ether oxygens (including phenoxy) is 2. The fourth-order valence-electron chi connectivity index (χ4n) is 1.84. The molecule has 1 unspecified atom stereocenters. The van der Waals surface area contributed by atoms with E-state index in [9.17, 15) is 9.18 Å². The Kier molecular flexibility index (Phi) is 4.11. The number of hydrogen-bond acceptors (Lipinski definition) is 4. The van der Waals surface area contributed by atoms with Crippen molar-refractivity contribution in [1.82, 2.24) is 9.88 Å². The summed E-state index contributed by atoms with van der Waals surface area (Å²) in [6.45, 7) is 6.34. The molecule has 5 nitrogen and oxygen atoms in total. The number of likely N-dealkylation sites (tertiary alicyclic amines) is 1. The summed E-state index contributed by atoms with van der Waals surface area (Å²) >= 11 is 0. The van der Waals surface area contributed by atoms with Gasteiger partial charge in [-0.2, -0.15) is 4.39 Å². The van der Waals surface area contributed by atoms with Gasteiger partial charge in [0.15, 0.2) is 5.75 Å². The molecule has 1 aliphatic rings. The molecule has 0 aliphatic carbocycles. The first-order valence-electron chi connectivity index (χ1n) is 6.60. The van der Waals surface area contributed by atoms with E-state index in [1.165, 1.54) is 12.3 Å². The van der Waals surface area contributed by atoms with E-state index in [4.69, 9.17) is 9.47 Å². The van der Waals surface area contributed by atoms with Crippen molar-refractivity contribution in [2.24, 2.45) is 0 Å². The number of rotatable bonds is 3. The van der Waals surface area contributed by atoms with Crippen LogP contribution < -0.4 is 4.74 Å². The highest BCUT2D eigenvalue weighted by Gasteiger charge is 2.35. The molecule has 1 aromatic heterocycles. The van der Waals surface area contributed by atoms with Crippen molar-refractivity contribution in [2.45, 2.75) is 38.8 Å². The van der Waals surface area contributed by atoms with Gasteiger partial charge >= 0.3 is 6.09 Å². The summed E-state index contributed by atoms with van der Waals surface area (Å²) in [7, 11) is 0. The van der Waals surface area contributed by atoms with Crippen molar-refractivity contribution in [3.63, 3.8) is 0 Å². The van der Waals surface area contributed by atoms with Crippen LogP contribution in [0.25, 0.3) is 0 Å². The number of nitrogens with zero attached hydrogens (tertiary/aromatic N) is 2. The number of carbonyl (C=O) groups is 1. The molecule has 2 heterocycles. The average Bonchev–Trinajstić information content (AvgIpc) is 2.27. The summed E-state index contributed by atoms with van der Waals surface area (Å²) < 4.78 is 24.0. The summed E-state index contributed by atoms with van der Waals surface area (Å²) in [4.78, 5) is 17.0. The van der Waals surface area contributed by atoms with E-state index in [2.05, 4.69) is 4.98 Å². The molecule has 1 amide bonds. The smallest absolute Gasteiger partial charge is 0.410 e. The predicted molar refractivity (Wildman–Crippen MR) is 71.0 cm³/mol. The van der Waals surface area contributed by atoms with Crippen molar-refractivity contribution in [1.29, 1.82) is 0 Å². The molecule has 2 rings (SSSR count). The van der Waals surface area contributed by atoms with Crippen LogP contribution in [0.3, 0.4) is 0 Å². The molecule has 1 fully saturated rings. The minimum absolute atomic E-state index is 0.0792. The van der Waals surface area contributed by atoms with Gasteiger partial charge in [0.1, 0.15) is 12.2 Å². The molecule has 0 radical (unpaired) electrons. The van der Waals surface area contributed by atoms with E-state index in [0.717, 1.165) is 6.42 Å². The summed E-state index contributed by atoms with van der Waals surface area (Å²) in [5.74, 6) is -0.542. The third-order valence-corrected chi connectivity index (χ3v) is 2.93.